The number of carbonyl (C=O) groups is 1. The fraction of sp³-hybridized carbons (Fsp3) is 0.269. The number of benzene rings is 3. The van der Waals surface area contributed by atoms with Gasteiger partial charge in [0.2, 0.25) is 0 Å². The van der Waals surface area contributed by atoms with E-state index in [4.69, 9.17) is 21.1 Å². The third-order valence-electron chi connectivity index (χ3n) is 7.13. The van der Waals surface area contributed by atoms with Crippen molar-refractivity contribution in [2.45, 2.75) is 37.1 Å². The summed E-state index contributed by atoms with van der Waals surface area (Å²) in [5.74, 6) is -0.708. The van der Waals surface area contributed by atoms with Gasteiger partial charge in [0.05, 0.1) is 23.0 Å². The maximum atomic E-state index is 13.2. The number of nitrogens with one attached hydrogen (secondary N) is 2. The van der Waals surface area contributed by atoms with Crippen molar-refractivity contribution in [3.8, 4) is 11.5 Å². The Morgan fingerprint density at radius 1 is 1.08 bits per heavy atom. The Labute approximate surface area is 222 Å². The van der Waals surface area contributed by atoms with Crippen molar-refractivity contribution < 1.29 is 24.1 Å². The van der Waals surface area contributed by atoms with Crippen LogP contribution < -0.4 is 20.1 Å². The lowest BCUT2D eigenvalue weighted by Gasteiger charge is -2.25. The van der Waals surface area contributed by atoms with E-state index >= 15 is 0 Å². The van der Waals surface area contributed by atoms with Crippen molar-refractivity contribution in [3.63, 3.8) is 0 Å². The number of anilines is 1. The van der Waals surface area contributed by atoms with Crippen molar-refractivity contribution >= 4 is 28.9 Å². The van der Waals surface area contributed by atoms with Gasteiger partial charge in [-0.1, -0.05) is 29.8 Å². The molecule has 3 aromatic rings. The van der Waals surface area contributed by atoms with E-state index in [1.165, 1.54) is 19.2 Å². The molecule has 196 valence electrons. The number of para-hydroxylation sites is 1. The molecule has 0 unspecified atom stereocenters. The van der Waals surface area contributed by atoms with E-state index in [9.17, 15) is 25.0 Å². The van der Waals surface area contributed by atoms with Gasteiger partial charge in [0.1, 0.15) is 6.61 Å². The standard InChI is InChI=1S/C26H23ClN4O7/c1-14-22(24(31(35)36)26(29-14)18-5-3-4-6-20(18)28-25(26)32)16-11-19(27)23(21(12-16)37-2)38-13-15-7-9-17(10-8-15)30(33)34/h3-12,14,22,24,29H,13H2,1-2H3,(H,28,32)/t14-,22-,24-,26-/m0/s1. The van der Waals surface area contributed by atoms with Gasteiger partial charge in [-0.05, 0) is 48.4 Å². The number of ether oxygens (including phenoxy) is 2. The highest BCUT2D eigenvalue weighted by molar-refractivity contribution is 6.32. The van der Waals surface area contributed by atoms with Crippen molar-refractivity contribution in [1.82, 2.24) is 5.32 Å². The minimum absolute atomic E-state index is 0.0373. The molecule has 12 heteroatoms. The van der Waals surface area contributed by atoms with E-state index in [2.05, 4.69) is 10.6 Å². The van der Waals surface area contributed by atoms with Crippen LogP contribution in [0.15, 0.2) is 60.7 Å². The number of methoxy groups -OCH3 is 1. The first kappa shape index (κ1) is 25.4. The largest absolute Gasteiger partial charge is 0.493 e. The first-order valence-electron chi connectivity index (χ1n) is 11.7. The van der Waals surface area contributed by atoms with Crippen molar-refractivity contribution in [1.29, 1.82) is 0 Å². The fourth-order valence-corrected chi connectivity index (χ4v) is 5.77. The average molecular weight is 539 g/mol. The molecule has 5 rings (SSSR count). The van der Waals surface area contributed by atoms with Gasteiger partial charge >= 0.3 is 0 Å². The molecule has 3 aromatic carbocycles. The number of nitro benzene ring substituents is 1. The number of amides is 1. The van der Waals surface area contributed by atoms with Gasteiger partial charge < -0.3 is 14.8 Å². The van der Waals surface area contributed by atoms with Crippen LogP contribution in [0.3, 0.4) is 0 Å². The molecule has 0 bridgehead atoms. The molecule has 11 nitrogen and oxygen atoms in total. The Bertz CT molecular complexity index is 1450. The minimum Gasteiger partial charge on any atom is -0.493 e. The number of hydrogen-bond acceptors (Lipinski definition) is 8. The van der Waals surface area contributed by atoms with E-state index in [-0.39, 0.29) is 28.8 Å². The van der Waals surface area contributed by atoms with E-state index in [0.717, 1.165) is 0 Å². The maximum Gasteiger partial charge on any atom is 0.269 e. The summed E-state index contributed by atoms with van der Waals surface area (Å²) in [4.78, 5) is 35.7. The minimum atomic E-state index is -1.55. The molecule has 38 heavy (non-hydrogen) atoms. The Hall–Kier alpha value is -4.22. The molecule has 1 saturated heterocycles. The SMILES string of the molecule is COc1cc([C@@H]2[C@H](C)N[C@]3(C(=O)Nc4ccccc43)[C@H]2[N+](=O)[O-])cc(Cl)c1OCc1ccc([N+](=O)[O-])cc1. The lowest BCUT2D eigenvalue weighted by molar-refractivity contribution is -0.532. The molecular weight excluding hydrogens is 516 g/mol. The van der Waals surface area contributed by atoms with Crippen LogP contribution in [0.5, 0.6) is 11.5 Å². The monoisotopic (exact) mass is 538 g/mol. The van der Waals surface area contributed by atoms with E-state index in [1.54, 1.807) is 55.5 Å². The molecule has 4 atom stereocenters. The first-order valence-corrected chi connectivity index (χ1v) is 12.1. The molecule has 2 N–H and O–H groups in total. The van der Waals surface area contributed by atoms with Crippen LogP contribution in [-0.4, -0.2) is 34.9 Å². The third-order valence-corrected chi connectivity index (χ3v) is 7.41. The van der Waals surface area contributed by atoms with Gasteiger partial charge in [0, 0.05) is 34.3 Å². The lowest BCUT2D eigenvalue weighted by Crippen LogP contribution is -2.54. The predicted octanol–water partition coefficient (Wildman–Crippen LogP) is 4.40. The lowest BCUT2D eigenvalue weighted by atomic mass is 9.78. The summed E-state index contributed by atoms with van der Waals surface area (Å²) in [6.07, 6.45) is 0. The summed E-state index contributed by atoms with van der Waals surface area (Å²) in [7, 11) is 1.43. The zero-order chi connectivity index (χ0) is 27.2. The summed E-state index contributed by atoms with van der Waals surface area (Å²) in [5, 5.41) is 29.6. The van der Waals surface area contributed by atoms with E-state index < -0.39 is 39.3 Å². The average Bonchev–Trinajstić information content (AvgIpc) is 3.36. The smallest absolute Gasteiger partial charge is 0.269 e. The topological polar surface area (TPSA) is 146 Å². The van der Waals surface area contributed by atoms with Crippen LogP contribution in [0.25, 0.3) is 0 Å². The molecule has 0 radical (unpaired) electrons. The number of carbonyl (C=O) groups excluding carboxylic acids is 1. The Kier molecular flexibility index (Phi) is 6.41. The van der Waals surface area contributed by atoms with E-state index in [1.807, 2.05) is 0 Å². The van der Waals surface area contributed by atoms with Gasteiger partial charge in [-0.2, -0.15) is 0 Å². The highest BCUT2D eigenvalue weighted by Crippen LogP contribution is 2.51. The van der Waals surface area contributed by atoms with Crippen LogP contribution in [0.2, 0.25) is 5.02 Å². The molecule has 0 aromatic heterocycles. The Morgan fingerprint density at radius 3 is 2.45 bits per heavy atom. The molecule has 0 aliphatic carbocycles. The summed E-state index contributed by atoms with van der Waals surface area (Å²) < 4.78 is 11.4. The number of hydrogen-bond donors (Lipinski definition) is 2. The van der Waals surface area contributed by atoms with Gasteiger partial charge in [0.25, 0.3) is 17.6 Å². The van der Waals surface area contributed by atoms with Crippen molar-refractivity contribution in [2.24, 2.45) is 0 Å². The van der Waals surface area contributed by atoms with Crippen molar-refractivity contribution in [2.75, 3.05) is 12.4 Å². The molecule has 2 heterocycles. The van der Waals surface area contributed by atoms with Crippen LogP contribution in [0.4, 0.5) is 11.4 Å². The summed E-state index contributed by atoms with van der Waals surface area (Å²) in [6, 6.07) is 14.3. The number of fused-ring (bicyclic) bond motifs is 2. The van der Waals surface area contributed by atoms with Crippen LogP contribution in [-0.2, 0) is 16.9 Å². The Balaban J connectivity index is 1.49. The number of non-ortho nitro benzene ring substituents is 1. The first-order chi connectivity index (χ1) is 18.2. The molecule has 1 fully saturated rings. The van der Waals surface area contributed by atoms with E-state index in [0.29, 0.717) is 22.4 Å². The predicted molar refractivity (Wildman–Crippen MR) is 138 cm³/mol. The molecule has 1 spiro atoms. The second kappa shape index (κ2) is 9.58. The maximum absolute atomic E-state index is 13.2. The highest BCUT2D eigenvalue weighted by atomic mass is 35.5. The van der Waals surface area contributed by atoms with Crippen LogP contribution in [0, 0.1) is 20.2 Å². The number of halogens is 1. The second-order valence-electron chi connectivity index (χ2n) is 9.24. The molecule has 2 aliphatic rings. The Morgan fingerprint density at radius 2 is 1.79 bits per heavy atom. The molecular formula is C26H23ClN4O7. The van der Waals surface area contributed by atoms with Gasteiger partial charge in [-0.15, -0.1) is 0 Å². The molecule has 1 amide bonds. The number of nitro groups is 2. The van der Waals surface area contributed by atoms with Gasteiger partial charge in [-0.3, -0.25) is 30.3 Å². The van der Waals surface area contributed by atoms with Gasteiger partial charge in [-0.25, -0.2) is 0 Å². The molecule has 2 aliphatic heterocycles. The fourth-order valence-electron chi connectivity index (χ4n) is 5.50. The summed E-state index contributed by atoms with van der Waals surface area (Å²) in [5.41, 5.74) is 0.676. The zero-order valence-electron chi connectivity index (χ0n) is 20.3. The summed E-state index contributed by atoms with van der Waals surface area (Å²) in [6.45, 7) is 1.86. The number of rotatable bonds is 7. The van der Waals surface area contributed by atoms with Crippen LogP contribution >= 0.6 is 11.6 Å². The molecule has 0 saturated carbocycles. The third kappa shape index (κ3) is 4.00. The number of nitrogens with zero attached hydrogens (tertiary/aromatic N) is 2. The van der Waals surface area contributed by atoms with Gasteiger partial charge in [0.15, 0.2) is 17.0 Å². The van der Waals surface area contributed by atoms with Crippen molar-refractivity contribution in [3.05, 3.63) is 103 Å². The summed E-state index contributed by atoms with van der Waals surface area (Å²) >= 11 is 6.60. The highest BCUT2D eigenvalue weighted by Gasteiger charge is 2.67. The van der Waals surface area contributed by atoms with Crippen LogP contribution in [0.1, 0.15) is 29.5 Å². The normalized spacial score (nSPS) is 23.7. The zero-order valence-corrected chi connectivity index (χ0v) is 21.1. The second-order valence-corrected chi connectivity index (χ2v) is 9.65. The quantitative estimate of drug-likeness (QED) is 0.332.